The van der Waals surface area contributed by atoms with Gasteiger partial charge in [-0.05, 0) is 49.6 Å². The molecule has 1 aromatic heterocycles. The van der Waals surface area contributed by atoms with Crippen LogP contribution in [0.4, 0.5) is 0 Å². The van der Waals surface area contributed by atoms with Crippen LogP contribution in [-0.2, 0) is 19.4 Å². The number of hydrogen-bond donors (Lipinski definition) is 1. The zero-order chi connectivity index (χ0) is 11.7. The molecule has 0 unspecified atom stereocenters. The average molecular weight is 228 g/mol. The van der Waals surface area contributed by atoms with E-state index in [1.807, 2.05) is 17.9 Å². The Morgan fingerprint density at radius 2 is 2.18 bits per heavy atom. The first kappa shape index (κ1) is 10.5. The molecule has 1 heterocycles. The summed E-state index contributed by atoms with van der Waals surface area (Å²) in [6.07, 6.45) is 5.67. The first-order chi connectivity index (χ1) is 8.36. The highest BCUT2D eigenvalue weighted by Gasteiger charge is 2.11. The molecule has 1 N–H and O–H groups in total. The molecule has 1 aromatic carbocycles. The minimum atomic E-state index is 0.755. The van der Waals surface area contributed by atoms with Crippen LogP contribution in [0.3, 0.4) is 0 Å². The van der Waals surface area contributed by atoms with Gasteiger partial charge in [0.2, 0.25) is 0 Å². The van der Waals surface area contributed by atoms with Gasteiger partial charge >= 0.3 is 0 Å². The van der Waals surface area contributed by atoms with Gasteiger partial charge in [0, 0.05) is 6.54 Å². The van der Waals surface area contributed by atoms with Crippen LogP contribution in [0.15, 0.2) is 24.4 Å². The maximum absolute atomic E-state index is 4.16. The predicted molar refractivity (Wildman–Crippen MR) is 66.1 cm³/mol. The molecule has 1 aliphatic carbocycles. The van der Waals surface area contributed by atoms with Gasteiger partial charge in [-0.15, -0.1) is 5.10 Å². The molecule has 0 radical (unpaired) electrons. The molecule has 17 heavy (non-hydrogen) atoms. The van der Waals surface area contributed by atoms with Gasteiger partial charge < -0.3 is 5.32 Å². The molecule has 4 nitrogen and oxygen atoms in total. The van der Waals surface area contributed by atoms with E-state index in [4.69, 9.17) is 0 Å². The van der Waals surface area contributed by atoms with Gasteiger partial charge in [0.25, 0.3) is 0 Å². The molecule has 2 aromatic rings. The van der Waals surface area contributed by atoms with Crippen molar-refractivity contribution in [3.8, 4) is 5.69 Å². The van der Waals surface area contributed by atoms with Crippen LogP contribution in [0.25, 0.3) is 5.69 Å². The summed E-state index contributed by atoms with van der Waals surface area (Å²) < 4.78 is 1.85. The molecule has 0 bridgehead atoms. The lowest BCUT2D eigenvalue weighted by Gasteiger charge is -2.03. The fraction of sp³-hybridized carbons (Fsp3) is 0.385. The second kappa shape index (κ2) is 4.30. The fourth-order valence-electron chi connectivity index (χ4n) is 2.39. The number of rotatable bonds is 3. The zero-order valence-corrected chi connectivity index (χ0v) is 9.98. The summed E-state index contributed by atoms with van der Waals surface area (Å²) in [6.45, 7) is 0.755. The summed E-state index contributed by atoms with van der Waals surface area (Å²) in [4.78, 5) is 0. The Bertz CT molecular complexity index is 530. The summed E-state index contributed by atoms with van der Waals surface area (Å²) in [6, 6.07) is 6.58. The molecular formula is C13H16N4. The molecule has 0 atom stereocenters. The summed E-state index contributed by atoms with van der Waals surface area (Å²) in [5, 5.41) is 11.4. The number of aromatic nitrogens is 3. The van der Waals surface area contributed by atoms with E-state index in [2.05, 4.69) is 33.8 Å². The number of nitrogens with zero attached hydrogens (tertiary/aromatic N) is 3. The van der Waals surface area contributed by atoms with Crippen molar-refractivity contribution in [3.05, 3.63) is 41.2 Å². The Morgan fingerprint density at radius 3 is 3.06 bits per heavy atom. The quantitative estimate of drug-likeness (QED) is 0.865. The number of nitrogens with one attached hydrogen (secondary N) is 1. The van der Waals surface area contributed by atoms with E-state index >= 15 is 0 Å². The third-order valence-corrected chi connectivity index (χ3v) is 3.25. The molecule has 0 saturated heterocycles. The summed E-state index contributed by atoms with van der Waals surface area (Å²) >= 11 is 0. The average Bonchev–Trinajstić information content (AvgIpc) is 2.96. The monoisotopic (exact) mass is 228 g/mol. The lowest BCUT2D eigenvalue weighted by Crippen LogP contribution is -2.05. The number of hydrogen-bond acceptors (Lipinski definition) is 3. The van der Waals surface area contributed by atoms with Crippen LogP contribution in [0, 0.1) is 0 Å². The van der Waals surface area contributed by atoms with Crippen molar-refractivity contribution in [1.82, 2.24) is 20.3 Å². The van der Waals surface area contributed by atoms with Gasteiger partial charge in [0.1, 0.15) is 0 Å². The van der Waals surface area contributed by atoms with Gasteiger partial charge in [0.05, 0.1) is 17.6 Å². The van der Waals surface area contributed by atoms with E-state index in [0.29, 0.717) is 0 Å². The lowest BCUT2D eigenvalue weighted by molar-refractivity contribution is 0.766. The van der Waals surface area contributed by atoms with Crippen molar-refractivity contribution in [2.24, 2.45) is 0 Å². The third kappa shape index (κ3) is 1.96. The maximum atomic E-state index is 4.16. The molecule has 0 fully saturated rings. The lowest BCUT2D eigenvalue weighted by atomic mass is 10.1. The largest absolute Gasteiger partial charge is 0.314 e. The fourth-order valence-corrected chi connectivity index (χ4v) is 2.39. The van der Waals surface area contributed by atoms with Crippen molar-refractivity contribution >= 4 is 0 Å². The van der Waals surface area contributed by atoms with Crippen molar-refractivity contribution in [2.75, 3.05) is 7.05 Å². The van der Waals surface area contributed by atoms with Crippen LogP contribution in [0.2, 0.25) is 0 Å². The second-order valence-corrected chi connectivity index (χ2v) is 4.49. The second-order valence-electron chi connectivity index (χ2n) is 4.49. The summed E-state index contributed by atoms with van der Waals surface area (Å²) in [7, 11) is 1.91. The minimum Gasteiger partial charge on any atom is -0.314 e. The van der Waals surface area contributed by atoms with Crippen LogP contribution < -0.4 is 5.32 Å². The van der Waals surface area contributed by atoms with Gasteiger partial charge in [-0.1, -0.05) is 11.3 Å². The molecular weight excluding hydrogens is 212 g/mol. The van der Waals surface area contributed by atoms with Crippen molar-refractivity contribution in [1.29, 1.82) is 0 Å². The zero-order valence-electron chi connectivity index (χ0n) is 9.98. The van der Waals surface area contributed by atoms with E-state index in [0.717, 1.165) is 17.9 Å². The molecule has 0 saturated carbocycles. The van der Waals surface area contributed by atoms with Gasteiger partial charge in [-0.2, -0.15) is 0 Å². The maximum Gasteiger partial charge on any atom is 0.0969 e. The van der Waals surface area contributed by atoms with Crippen molar-refractivity contribution in [2.45, 2.75) is 25.8 Å². The molecule has 0 aliphatic heterocycles. The number of fused-ring (bicyclic) bond motifs is 1. The van der Waals surface area contributed by atoms with E-state index in [1.165, 1.54) is 30.4 Å². The number of benzene rings is 1. The minimum absolute atomic E-state index is 0.755. The normalized spacial score (nSPS) is 13.9. The van der Waals surface area contributed by atoms with E-state index < -0.39 is 0 Å². The van der Waals surface area contributed by atoms with Crippen LogP contribution in [0.5, 0.6) is 0 Å². The Hall–Kier alpha value is -1.68. The highest BCUT2D eigenvalue weighted by atomic mass is 15.4. The van der Waals surface area contributed by atoms with Gasteiger partial charge in [-0.3, -0.25) is 0 Å². The van der Waals surface area contributed by atoms with Crippen LogP contribution >= 0.6 is 0 Å². The molecule has 1 aliphatic rings. The Kier molecular flexibility index (Phi) is 2.65. The topological polar surface area (TPSA) is 42.7 Å². The molecule has 88 valence electrons. The van der Waals surface area contributed by atoms with E-state index in [1.54, 1.807) is 0 Å². The van der Waals surface area contributed by atoms with Crippen molar-refractivity contribution in [3.63, 3.8) is 0 Å². The Labute approximate surface area is 101 Å². The Morgan fingerprint density at radius 1 is 1.29 bits per heavy atom. The van der Waals surface area contributed by atoms with Crippen LogP contribution in [-0.4, -0.2) is 22.0 Å². The standard InChI is InChI=1S/C13H16N4/c1-14-8-12-9-17(16-15-12)13-6-5-10-3-2-4-11(10)7-13/h5-7,9,14H,2-4,8H2,1H3. The summed E-state index contributed by atoms with van der Waals surface area (Å²) in [5.74, 6) is 0. The van der Waals surface area contributed by atoms with Gasteiger partial charge in [-0.25, -0.2) is 4.68 Å². The SMILES string of the molecule is CNCc1cn(-c2ccc3c(c2)CCC3)nn1. The Balaban J connectivity index is 1.92. The van der Waals surface area contributed by atoms with E-state index in [-0.39, 0.29) is 0 Å². The first-order valence-corrected chi connectivity index (χ1v) is 6.05. The third-order valence-electron chi connectivity index (χ3n) is 3.25. The first-order valence-electron chi connectivity index (χ1n) is 6.05. The summed E-state index contributed by atoms with van der Waals surface area (Å²) in [5.41, 5.74) is 5.03. The van der Waals surface area contributed by atoms with Crippen molar-refractivity contribution < 1.29 is 0 Å². The smallest absolute Gasteiger partial charge is 0.0969 e. The molecule has 0 amide bonds. The highest BCUT2D eigenvalue weighted by Crippen LogP contribution is 2.24. The van der Waals surface area contributed by atoms with Crippen LogP contribution in [0.1, 0.15) is 23.2 Å². The number of aryl methyl sites for hydroxylation is 2. The predicted octanol–water partition coefficient (Wildman–Crippen LogP) is 1.48. The molecule has 3 rings (SSSR count). The molecule has 4 heteroatoms. The highest BCUT2D eigenvalue weighted by molar-refractivity contribution is 5.42. The van der Waals surface area contributed by atoms with E-state index in [9.17, 15) is 0 Å². The molecule has 0 spiro atoms. The van der Waals surface area contributed by atoms with Gasteiger partial charge in [0.15, 0.2) is 0 Å².